The number of ketones is 1. The molecule has 0 heterocycles. The van der Waals surface area contributed by atoms with Crippen molar-refractivity contribution in [1.82, 2.24) is 0 Å². The predicted octanol–water partition coefficient (Wildman–Crippen LogP) is 6.42. The van der Waals surface area contributed by atoms with Crippen LogP contribution in [-0.2, 0) is 4.79 Å². The number of ether oxygens (including phenoxy) is 3. The van der Waals surface area contributed by atoms with Crippen molar-refractivity contribution < 1.29 is 23.8 Å². The number of carbonyl (C=O) groups is 2. The highest BCUT2D eigenvalue weighted by Gasteiger charge is 2.23. The topological polar surface area (TPSA) is 61.8 Å². The zero-order chi connectivity index (χ0) is 23.7. The van der Waals surface area contributed by atoms with Crippen molar-refractivity contribution in [2.45, 2.75) is 54.4 Å². The van der Waals surface area contributed by atoms with Crippen LogP contribution in [0.1, 0.15) is 68.9 Å². The maximum absolute atomic E-state index is 12.8. The van der Waals surface area contributed by atoms with Crippen LogP contribution in [0.4, 0.5) is 0 Å². The lowest BCUT2D eigenvalue weighted by Crippen LogP contribution is -2.25. The molecule has 0 aliphatic carbocycles. The molecule has 0 N–H and O–H groups in total. The van der Waals surface area contributed by atoms with Gasteiger partial charge >= 0.3 is 5.97 Å². The first-order chi connectivity index (χ1) is 15.2. The Balaban J connectivity index is 2.25. The van der Waals surface area contributed by atoms with E-state index >= 15 is 0 Å². The van der Waals surface area contributed by atoms with Crippen molar-refractivity contribution in [3.8, 4) is 17.2 Å². The summed E-state index contributed by atoms with van der Waals surface area (Å²) in [6.45, 7) is 12.6. The van der Waals surface area contributed by atoms with Crippen LogP contribution >= 0.6 is 0 Å². The molecule has 0 aliphatic heterocycles. The largest absolute Gasteiger partial charge is 0.493 e. The van der Waals surface area contributed by atoms with Gasteiger partial charge in [-0.15, -0.1) is 0 Å². The van der Waals surface area contributed by atoms with Crippen LogP contribution in [0.15, 0.2) is 42.5 Å². The average Bonchev–Trinajstić information content (AvgIpc) is 2.75. The van der Waals surface area contributed by atoms with Gasteiger partial charge < -0.3 is 14.2 Å². The lowest BCUT2D eigenvalue weighted by molar-refractivity contribution is -0.143. The summed E-state index contributed by atoms with van der Waals surface area (Å²) in [7, 11) is 0. The molecule has 5 heteroatoms. The Morgan fingerprint density at radius 3 is 2.12 bits per heavy atom. The van der Waals surface area contributed by atoms with Gasteiger partial charge in [-0.25, -0.2) is 0 Å². The second-order valence-electron chi connectivity index (χ2n) is 8.68. The van der Waals surface area contributed by atoms with E-state index in [2.05, 4.69) is 0 Å². The molecule has 2 aromatic carbocycles. The normalized spacial score (nSPS) is 11.4. The summed E-state index contributed by atoms with van der Waals surface area (Å²) in [5.41, 5.74) is 1.65. The molecule has 32 heavy (non-hydrogen) atoms. The second-order valence-corrected chi connectivity index (χ2v) is 8.68. The number of hydrogen-bond donors (Lipinski definition) is 0. The van der Waals surface area contributed by atoms with Crippen molar-refractivity contribution in [2.24, 2.45) is 5.41 Å². The number of benzene rings is 2. The highest BCUT2D eigenvalue weighted by Crippen LogP contribution is 2.34. The summed E-state index contributed by atoms with van der Waals surface area (Å²) < 4.78 is 17.2. The maximum Gasteiger partial charge on any atom is 0.316 e. The molecule has 0 aliphatic rings. The van der Waals surface area contributed by atoms with Crippen LogP contribution < -0.4 is 14.2 Å². The van der Waals surface area contributed by atoms with Crippen molar-refractivity contribution in [1.29, 1.82) is 0 Å². The van der Waals surface area contributed by atoms with Gasteiger partial charge in [0, 0.05) is 5.56 Å². The van der Waals surface area contributed by atoms with E-state index in [1.54, 1.807) is 51.1 Å². The molecule has 0 unspecified atom stereocenters. The minimum atomic E-state index is -0.597. The third-order valence-corrected chi connectivity index (χ3v) is 4.63. The number of carbonyl (C=O) groups excluding carboxylic acids is 2. The number of rotatable bonds is 10. The minimum Gasteiger partial charge on any atom is -0.493 e. The summed E-state index contributed by atoms with van der Waals surface area (Å²) in [4.78, 5) is 24.8. The van der Waals surface area contributed by atoms with Gasteiger partial charge in [0.25, 0.3) is 0 Å². The van der Waals surface area contributed by atoms with Gasteiger partial charge in [0.1, 0.15) is 17.2 Å². The lowest BCUT2D eigenvalue weighted by Gasteiger charge is -2.16. The Kier molecular flexibility index (Phi) is 9.06. The quantitative estimate of drug-likeness (QED) is 0.185. The third kappa shape index (κ3) is 6.98. The molecule has 0 aromatic heterocycles. The van der Waals surface area contributed by atoms with Gasteiger partial charge in [0.2, 0.25) is 0 Å². The first-order valence-electron chi connectivity index (χ1n) is 11.1. The zero-order valence-electron chi connectivity index (χ0n) is 20.0. The predicted molar refractivity (Wildman–Crippen MR) is 128 cm³/mol. The molecule has 172 valence electrons. The molecular formula is C27H34O5. The molecule has 0 spiro atoms. The monoisotopic (exact) mass is 438 g/mol. The first kappa shape index (κ1) is 25.2. The van der Waals surface area contributed by atoms with Crippen LogP contribution in [0, 0.1) is 12.3 Å². The molecule has 5 nitrogen and oxygen atoms in total. The van der Waals surface area contributed by atoms with E-state index in [-0.39, 0.29) is 11.8 Å². The fraction of sp³-hybridized carbons (Fsp3) is 0.407. The van der Waals surface area contributed by atoms with Gasteiger partial charge in [-0.05, 0) is 88.6 Å². The molecule has 0 atom stereocenters. The van der Waals surface area contributed by atoms with E-state index in [1.807, 2.05) is 32.9 Å². The molecule has 2 aromatic rings. The molecule has 2 rings (SSSR count). The van der Waals surface area contributed by atoms with Gasteiger partial charge in [0.05, 0.1) is 24.2 Å². The summed E-state index contributed by atoms with van der Waals surface area (Å²) in [5.74, 6) is 1.35. The fourth-order valence-electron chi connectivity index (χ4n) is 2.78. The van der Waals surface area contributed by atoms with E-state index in [1.165, 1.54) is 6.08 Å². The Morgan fingerprint density at radius 2 is 1.53 bits per heavy atom. The molecule has 0 fully saturated rings. The molecule has 0 saturated carbocycles. The Bertz CT molecular complexity index is 949. The molecular weight excluding hydrogens is 404 g/mol. The minimum absolute atomic E-state index is 0.164. The van der Waals surface area contributed by atoms with Gasteiger partial charge in [-0.1, -0.05) is 19.9 Å². The van der Waals surface area contributed by atoms with Crippen molar-refractivity contribution >= 4 is 17.8 Å². The highest BCUT2D eigenvalue weighted by molar-refractivity contribution is 6.07. The number of aryl methyl sites for hydroxylation is 1. The van der Waals surface area contributed by atoms with Gasteiger partial charge in [0.15, 0.2) is 5.78 Å². The SMILES string of the molecule is CCCOc1ccc(C)c(OCCC)c1/C=C/C(=O)c1ccc(OC(=O)C(C)(C)C)cc1. The number of allylic oxidation sites excluding steroid dienone is 1. The van der Waals surface area contributed by atoms with Crippen LogP contribution in [-0.4, -0.2) is 25.0 Å². The fourth-order valence-corrected chi connectivity index (χ4v) is 2.78. The van der Waals surface area contributed by atoms with Crippen LogP contribution in [0.2, 0.25) is 0 Å². The smallest absolute Gasteiger partial charge is 0.316 e. The van der Waals surface area contributed by atoms with Crippen LogP contribution in [0.3, 0.4) is 0 Å². The van der Waals surface area contributed by atoms with Crippen LogP contribution in [0.5, 0.6) is 17.2 Å². The molecule has 0 bridgehead atoms. The van der Waals surface area contributed by atoms with Crippen molar-refractivity contribution in [3.63, 3.8) is 0 Å². The van der Waals surface area contributed by atoms with Crippen molar-refractivity contribution in [3.05, 3.63) is 59.2 Å². The molecule has 0 radical (unpaired) electrons. The highest BCUT2D eigenvalue weighted by atomic mass is 16.5. The second kappa shape index (κ2) is 11.5. The Morgan fingerprint density at radius 1 is 0.906 bits per heavy atom. The maximum atomic E-state index is 12.8. The zero-order valence-corrected chi connectivity index (χ0v) is 20.0. The van der Waals surface area contributed by atoms with Crippen LogP contribution in [0.25, 0.3) is 6.08 Å². The molecule has 0 amide bonds. The van der Waals surface area contributed by atoms with E-state index < -0.39 is 5.41 Å². The van der Waals surface area contributed by atoms with Gasteiger partial charge in [-0.3, -0.25) is 9.59 Å². The first-order valence-corrected chi connectivity index (χ1v) is 11.1. The van der Waals surface area contributed by atoms with Gasteiger partial charge in [-0.2, -0.15) is 0 Å². The summed E-state index contributed by atoms with van der Waals surface area (Å²) in [5, 5.41) is 0. The van der Waals surface area contributed by atoms with E-state index in [0.717, 1.165) is 29.7 Å². The standard InChI is InChI=1S/C27H34O5/c1-7-17-30-24-16-9-19(3)25(31-18-8-2)22(24)14-15-23(28)20-10-12-21(13-11-20)32-26(29)27(4,5)6/h9-16H,7-8,17-18H2,1-6H3/b15-14+. The number of esters is 1. The summed E-state index contributed by atoms with van der Waals surface area (Å²) in [6.07, 6.45) is 5.03. The summed E-state index contributed by atoms with van der Waals surface area (Å²) >= 11 is 0. The third-order valence-electron chi connectivity index (χ3n) is 4.63. The van der Waals surface area contributed by atoms with E-state index in [4.69, 9.17) is 14.2 Å². The number of hydrogen-bond acceptors (Lipinski definition) is 5. The summed E-state index contributed by atoms with van der Waals surface area (Å²) in [6, 6.07) is 10.4. The Labute approximate surface area is 191 Å². The van der Waals surface area contributed by atoms with Crippen molar-refractivity contribution in [2.75, 3.05) is 13.2 Å². The molecule has 0 saturated heterocycles. The van der Waals surface area contributed by atoms with E-state index in [0.29, 0.717) is 30.3 Å². The lowest BCUT2D eigenvalue weighted by atomic mass is 9.97. The van der Waals surface area contributed by atoms with E-state index in [9.17, 15) is 9.59 Å². The average molecular weight is 439 g/mol. The Hall–Kier alpha value is -3.08.